The molecule has 0 radical (unpaired) electrons. The van der Waals surface area contributed by atoms with Crippen molar-refractivity contribution in [3.8, 4) is 11.4 Å². The molecule has 1 heterocycles. The molecule has 2 rings (SSSR count). The molecule has 0 bridgehead atoms. The summed E-state index contributed by atoms with van der Waals surface area (Å²) in [5, 5.41) is 7.61. The van der Waals surface area contributed by atoms with Crippen LogP contribution < -0.4 is 0 Å². The summed E-state index contributed by atoms with van der Waals surface area (Å²) < 4.78 is 0. The summed E-state index contributed by atoms with van der Waals surface area (Å²) in [6, 6.07) is 8.25. The van der Waals surface area contributed by atoms with E-state index in [4.69, 9.17) is 0 Å². The zero-order chi connectivity index (χ0) is 14.5. The van der Waals surface area contributed by atoms with Gasteiger partial charge >= 0.3 is 0 Å². The molecule has 0 aliphatic heterocycles. The second-order valence-electron chi connectivity index (χ2n) is 4.60. The van der Waals surface area contributed by atoms with Gasteiger partial charge in [-0.2, -0.15) is 0 Å². The zero-order valence-electron chi connectivity index (χ0n) is 12.0. The highest BCUT2D eigenvalue weighted by Crippen LogP contribution is 2.23. The lowest BCUT2D eigenvalue weighted by atomic mass is 10.1. The van der Waals surface area contributed by atoms with E-state index in [9.17, 15) is 4.79 Å². The highest BCUT2D eigenvalue weighted by atomic mass is 32.2. The molecule has 0 fully saturated rings. The van der Waals surface area contributed by atoms with E-state index >= 15 is 0 Å². The molecule has 0 aliphatic rings. The summed E-state index contributed by atoms with van der Waals surface area (Å²) in [5.74, 6) is 0.958. The first kappa shape index (κ1) is 14.8. The van der Waals surface area contributed by atoms with Crippen molar-refractivity contribution in [1.82, 2.24) is 15.2 Å². The Kier molecular flexibility index (Phi) is 4.95. The highest BCUT2D eigenvalue weighted by molar-refractivity contribution is 8.00. The van der Waals surface area contributed by atoms with Gasteiger partial charge in [-0.05, 0) is 18.9 Å². The molecule has 5 heteroatoms. The Morgan fingerprint density at radius 3 is 2.60 bits per heavy atom. The quantitative estimate of drug-likeness (QED) is 0.827. The summed E-state index contributed by atoms with van der Waals surface area (Å²) in [6.45, 7) is 5.89. The van der Waals surface area contributed by atoms with E-state index in [1.165, 1.54) is 17.3 Å². The Balaban J connectivity index is 2.09. The first-order chi connectivity index (χ1) is 9.63. The van der Waals surface area contributed by atoms with Crippen LogP contribution in [0.1, 0.15) is 32.8 Å². The second kappa shape index (κ2) is 6.70. The lowest BCUT2D eigenvalue weighted by Gasteiger charge is -2.04. The van der Waals surface area contributed by atoms with Gasteiger partial charge in [-0.25, -0.2) is 4.98 Å². The van der Waals surface area contributed by atoms with Crippen molar-refractivity contribution in [3.05, 3.63) is 29.8 Å². The standard InChI is InChI=1S/C15H19N3OS/c1-4-11-6-8-12(9-7-11)14-16-15(18-17-14)20-10(3)13(19)5-2/h6-10H,4-5H2,1-3H3,(H,16,17,18)/t10-/m1/s1. The maximum atomic E-state index is 11.6. The Bertz CT molecular complexity index is 577. The van der Waals surface area contributed by atoms with Crippen LogP contribution in [0, 0.1) is 0 Å². The van der Waals surface area contributed by atoms with E-state index in [-0.39, 0.29) is 11.0 Å². The van der Waals surface area contributed by atoms with Gasteiger partial charge < -0.3 is 0 Å². The number of benzene rings is 1. The first-order valence-electron chi connectivity index (χ1n) is 6.85. The maximum absolute atomic E-state index is 11.6. The minimum atomic E-state index is -0.105. The van der Waals surface area contributed by atoms with Gasteiger partial charge in [-0.3, -0.25) is 9.89 Å². The van der Waals surface area contributed by atoms with Crippen LogP contribution >= 0.6 is 11.8 Å². The third kappa shape index (κ3) is 3.48. The molecular formula is C15H19N3OS. The van der Waals surface area contributed by atoms with Crippen LogP contribution in [-0.4, -0.2) is 26.2 Å². The molecule has 0 unspecified atom stereocenters. The Morgan fingerprint density at radius 2 is 2.00 bits per heavy atom. The summed E-state index contributed by atoms with van der Waals surface area (Å²) in [6.07, 6.45) is 1.57. The van der Waals surface area contributed by atoms with E-state index in [0.717, 1.165) is 17.8 Å². The smallest absolute Gasteiger partial charge is 0.209 e. The number of aromatic nitrogens is 3. The van der Waals surface area contributed by atoms with E-state index in [2.05, 4.69) is 34.2 Å². The van der Waals surface area contributed by atoms with Gasteiger partial charge in [0.1, 0.15) is 5.78 Å². The van der Waals surface area contributed by atoms with Crippen LogP contribution in [0.3, 0.4) is 0 Å². The molecule has 20 heavy (non-hydrogen) atoms. The predicted molar refractivity (Wildman–Crippen MR) is 81.8 cm³/mol. The number of thioether (sulfide) groups is 1. The topological polar surface area (TPSA) is 58.6 Å². The van der Waals surface area contributed by atoms with Crippen LogP contribution in [-0.2, 0) is 11.2 Å². The predicted octanol–water partition coefficient (Wildman–Crippen LogP) is 3.49. The molecule has 106 valence electrons. The number of nitrogens with one attached hydrogen (secondary N) is 1. The Hall–Kier alpha value is -1.62. The molecule has 0 saturated carbocycles. The van der Waals surface area contributed by atoms with Gasteiger partial charge in [-0.1, -0.05) is 49.9 Å². The van der Waals surface area contributed by atoms with Gasteiger partial charge in [0.05, 0.1) is 5.25 Å². The molecule has 1 aromatic carbocycles. The lowest BCUT2D eigenvalue weighted by Crippen LogP contribution is -2.11. The number of nitrogens with zero attached hydrogens (tertiary/aromatic N) is 2. The number of H-pyrrole nitrogens is 1. The zero-order valence-corrected chi connectivity index (χ0v) is 12.8. The number of carbonyl (C=O) groups excluding carboxylic acids is 1. The van der Waals surface area contributed by atoms with Crippen molar-refractivity contribution in [2.45, 2.75) is 44.0 Å². The summed E-state index contributed by atoms with van der Waals surface area (Å²) in [5.41, 5.74) is 2.31. The molecule has 0 spiro atoms. The van der Waals surface area contributed by atoms with Gasteiger partial charge in [0, 0.05) is 12.0 Å². The molecule has 0 saturated heterocycles. The van der Waals surface area contributed by atoms with Crippen LogP contribution in [0.15, 0.2) is 29.4 Å². The van der Waals surface area contributed by atoms with E-state index < -0.39 is 0 Å². The van der Waals surface area contributed by atoms with Crippen LogP contribution in [0.25, 0.3) is 11.4 Å². The van der Waals surface area contributed by atoms with E-state index in [0.29, 0.717) is 11.6 Å². The van der Waals surface area contributed by atoms with Crippen molar-refractivity contribution < 1.29 is 4.79 Å². The number of aryl methyl sites for hydroxylation is 1. The Morgan fingerprint density at radius 1 is 1.30 bits per heavy atom. The fraction of sp³-hybridized carbons (Fsp3) is 0.400. The third-order valence-corrected chi connectivity index (χ3v) is 4.19. The maximum Gasteiger partial charge on any atom is 0.209 e. The number of rotatable bonds is 6. The first-order valence-corrected chi connectivity index (χ1v) is 7.73. The average molecular weight is 289 g/mol. The molecule has 0 aliphatic carbocycles. The van der Waals surface area contributed by atoms with E-state index in [1.54, 1.807) is 0 Å². The highest BCUT2D eigenvalue weighted by Gasteiger charge is 2.15. The van der Waals surface area contributed by atoms with Gasteiger partial charge in [-0.15, -0.1) is 5.10 Å². The minimum absolute atomic E-state index is 0.105. The molecular weight excluding hydrogens is 270 g/mol. The van der Waals surface area contributed by atoms with Gasteiger partial charge in [0.2, 0.25) is 5.16 Å². The van der Waals surface area contributed by atoms with E-state index in [1.807, 2.05) is 26.0 Å². The van der Waals surface area contributed by atoms with Crippen LogP contribution in [0.5, 0.6) is 0 Å². The summed E-state index contributed by atoms with van der Waals surface area (Å²) in [4.78, 5) is 16.0. The molecule has 1 atom stereocenters. The van der Waals surface area contributed by atoms with Crippen molar-refractivity contribution in [1.29, 1.82) is 0 Å². The SMILES string of the molecule is CCC(=O)[C@@H](C)Sc1n[nH]c(-c2ccc(CC)cc2)n1. The van der Waals surface area contributed by atoms with Gasteiger partial charge in [0.15, 0.2) is 5.82 Å². The van der Waals surface area contributed by atoms with Gasteiger partial charge in [0.25, 0.3) is 0 Å². The number of aromatic amines is 1. The summed E-state index contributed by atoms with van der Waals surface area (Å²) >= 11 is 1.40. The minimum Gasteiger partial charge on any atom is -0.298 e. The molecule has 1 aromatic heterocycles. The van der Waals surface area contributed by atoms with Crippen molar-refractivity contribution in [2.24, 2.45) is 0 Å². The number of ketones is 1. The average Bonchev–Trinajstić information content (AvgIpc) is 2.94. The fourth-order valence-corrected chi connectivity index (χ4v) is 2.69. The lowest BCUT2D eigenvalue weighted by molar-refractivity contribution is -0.118. The molecule has 1 N–H and O–H groups in total. The normalized spacial score (nSPS) is 12.3. The molecule has 2 aromatic rings. The number of hydrogen-bond acceptors (Lipinski definition) is 4. The van der Waals surface area contributed by atoms with Crippen molar-refractivity contribution in [3.63, 3.8) is 0 Å². The van der Waals surface area contributed by atoms with Crippen LogP contribution in [0.4, 0.5) is 0 Å². The second-order valence-corrected chi connectivity index (χ2v) is 5.90. The molecule has 4 nitrogen and oxygen atoms in total. The molecule has 0 amide bonds. The van der Waals surface area contributed by atoms with Crippen molar-refractivity contribution in [2.75, 3.05) is 0 Å². The van der Waals surface area contributed by atoms with Crippen molar-refractivity contribution >= 4 is 17.5 Å². The number of carbonyl (C=O) groups is 1. The Labute approximate surface area is 123 Å². The monoisotopic (exact) mass is 289 g/mol. The number of Topliss-reactive ketones (excluding diaryl/α,β-unsaturated/α-hetero) is 1. The van der Waals surface area contributed by atoms with Crippen LogP contribution in [0.2, 0.25) is 0 Å². The third-order valence-electron chi connectivity index (χ3n) is 3.18. The fourth-order valence-electron chi connectivity index (χ4n) is 1.84. The largest absolute Gasteiger partial charge is 0.298 e. The number of hydrogen-bond donors (Lipinski definition) is 1. The summed E-state index contributed by atoms with van der Waals surface area (Å²) in [7, 11) is 0.